The Bertz CT molecular complexity index is 99.4. The van der Waals surface area contributed by atoms with Crippen molar-refractivity contribution in [1.82, 2.24) is 0 Å². The van der Waals surface area contributed by atoms with E-state index in [0.717, 1.165) is 18.4 Å². The summed E-state index contributed by atoms with van der Waals surface area (Å²) in [6, 6.07) is 0. The molecule has 3 unspecified atom stereocenters. The Morgan fingerprint density at radius 1 is 1.27 bits per heavy atom. The number of ether oxygens (including phenoxy) is 1. The third kappa shape index (κ3) is 2.48. The van der Waals surface area contributed by atoms with Gasteiger partial charge in [-0.2, -0.15) is 0 Å². The predicted octanol–water partition coefficient (Wildman–Crippen LogP) is 2.85. The van der Waals surface area contributed by atoms with Crippen molar-refractivity contribution < 1.29 is 4.74 Å². The van der Waals surface area contributed by atoms with E-state index < -0.39 is 0 Å². The summed E-state index contributed by atoms with van der Waals surface area (Å²) in [5, 5.41) is 0. The van der Waals surface area contributed by atoms with Gasteiger partial charge in [0.1, 0.15) is 0 Å². The topological polar surface area (TPSA) is 9.23 Å². The van der Waals surface area contributed by atoms with Crippen LogP contribution in [0.5, 0.6) is 0 Å². The van der Waals surface area contributed by atoms with Gasteiger partial charge in [-0.3, -0.25) is 0 Å². The van der Waals surface area contributed by atoms with E-state index in [1.54, 1.807) is 0 Å². The van der Waals surface area contributed by atoms with E-state index in [9.17, 15) is 0 Å². The molecule has 1 nitrogen and oxygen atoms in total. The van der Waals surface area contributed by atoms with Crippen LogP contribution in [0.15, 0.2) is 0 Å². The van der Waals surface area contributed by atoms with Crippen molar-refractivity contribution >= 4 is 0 Å². The second-order valence-corrected chi connectivity index (χ2v) is 3.87. The van der Waals surface area contributed by atoms with E-state index in [1.165, 1.54) is 19.3 Å². The van der Waals surface area contributed by atoms with Gasteiger partial charge in [0.25, 0.3) is 0 Å². The molecule has 0 bridgehead atoms. The van der Waals surface area contributed by atoms with Crippen LogP contribution in [0.1, 0.15) is 40.0 Å². The SMILES string of the molecule is CCC1CCC(C)C(C)OC1. The molecular formula is C10H20O. The van der Waals surface area contributed by atoms with Crippen LogP contribution in [0.25, 0.3) is 0 Å². The van der Waals surface area contributed by atoms with E-state index in [4.69, 9.17) is 4.74 Å². The predicted molar refractivity (Wildman–Crippen MR) is 47.6 cm³/mol. The molecule has 0 radical (unpaired) electrons. The molecule has 1 heteroatoms. The Morgan fingerprint density at radius 3 is 2.64 bits per heavy atom. The Kier molecular flexibility index (Phi) is 3.38. The summed E-state index contributed by atoms with van der Waals surface area (Å²) in [5.41, 5.74) is 0. The average molecular weight is 156 g/mol. The quantitative estimate of drug-likeness (QED) is 0.567. The lowest BCUT2D eigenvalue weighted by Crippen LogP contribution is -2.16. The normalized spacial score (nSPS) is 40.1. The van der Waals surface area contributed by atoms with Crippen molar-refractivity contribution in [3.63, 3.8) is 0 Å². The molecule has 1 fully saturated rings. The Morgan fingerprint density at radius 2 is 2.00 bits per heavy atom. The fraction of sp³-hybridized carbons (Fsp3) is 1.00. The van der Waals surface area contributed by atoms with Crippen molar-refractivity contribution in [3.8, 4) is 0 Å². The van der Waals surface area contributed by atoms with Crippen molar-refractivity contribution in [2.45, 2.75) is 46.1 Å². The van der Waals surface area contributed by atoms with Crippen molar-refractivity contribution in [1.29, 1.82) is 0 Å². The highest BCUT2D eigenvalue weighted by molar-refractivity contribution is 4.69. The van der Waals surface area contributed by atoms with Gasteiger partial charge in [-0.05, 0) is 31.6 Å². The van der Waals surface area contributed by atoms with Gasteiger partial charge in [-0.15, -0.1) is 0 Å². The van der Waals surface area contributed by atoms with Gasteiger partial charge in [-0.1, -0.05) is 20.3 Å². The zero-order chi connectivity index (χ0) is 8.27. The summed E-state index contributed by atoms with van der Waals surface area (Å²) < 4.78 is 5.72. The lowest BCUT2D eigenvalue weighted by molar-refractivity contribution is 0.0289. The molecule has 0 aliphatic carbocycles. The molecule has 0 aromatic rings. The van der Waals surface area contributed by atoms with Gasteiger partial charge in [-0.25, -0.2) is 0 Å². The van der Waals surface area contributed by atoms with Gasteiger partial charge in [0, 0.05) is 6.61 Å². The van der Waals surface area contributed by atoms with Gasteiger partial charge in [0.05, 0.1) is 6.10 Å². The van der Waals surface area contributed by atoms with Crippen LogP contribution < -0.4 is 0 Å². The van der Waals surface area contributed by atoms with Crippen molar-refractivity contribution in [2.75, 3.05) is 6.61 Å². The van der Waals surface area contributed by atoms with Crippen LogP contribution in [0.3, 0.4) is 0 Å². The fourth-order valence-corrected chi connectivity index (χ4v) is 1.59. The third-order valence-electron chi connectivity index (χ3n) is 3.00. The second-order valence-electron chi connectivity index (χ2n) is 3.87. The standard InChI is InChI=1S/C10H20O/c1-4-10-6-5-8(2)9(3)11-7-10/h8-10H,4-7H2,1-3H3. The zero-order valence-corrected chi connectivity index (χ0v) is 7.97. The summed E-state index contributed by atoms with van der Waals surface area (Å²) in [6.45, 7) is 7.74. The summed E-state index contributed by atoms with van der Waals surface area (Å²) in [7, 11) is 0. The number of hydrogen-bond donors (Lipinski definition) is 0. The first-order valence-electron chi connectivity index (χ1n) is 4.85. The second kappa shape index (κ2) is 4.10. The van der Waals surface area contributed by atoms with Crippen LogP contribution in [-0.4, -0.2) is 12.7 Å². The average Bonchev–Trinajstić information content (AvgIpc) is 2.16. The summed E-state index contributed by atoms with van der Waals surface area (Å²) in [6.07, 6.45) is 4.47. The van der Waals surface area contributed by atoms with E-state index in [0.29, 0.717) is 6.10 Å². The van der Waals surface area contributed by atoms with E-state index in [-0.39, 0.29) is 0 Å². The van der Waals surface area contributed by atoms with Crippen LogP contribution >= 0.6 is 0 Å². The fourth-order valence-electron chi connectivity index (χ4n) is 1.59. The van der Waals surface area contributed by atoms with Gasteiger partial charge >= 0.3 is 0 Å². The van der Waals surface area contributed by atoms with Crippen molar-refractivity contribution in [3.05, 3.63) is 0 Å². The Labute approximate surface area is 70.1 Å². The molecule has 1 heterocycles. The molecule has 0 spiro atoms. The molecule has 1 saturated heterocycles. The molecule has 0 amide bonds. The molecular weight excluding hydrogens is 136 g/mol. The monoisotopic (exact) mass is 156 g/mol. The van der Waals surface area contributed by atoms with E-state index in [1.807, 2.05) is 0 Å². The molecule has 0 saturated carbocycles. The molecule has 66 valence electrons. The molecule has 1 rings (SSSR count). The van der Waals surface area contributed by atoms with Gasteiger partial charge < -0.3 is 4.74 Å². The first-order chi connectivity index (χ1) is 5.24. The van der Waals surface area contributed by atoms with Crippen LogP contribution in [0.4, 0.5) is 0 Å². The maximum absolute atomic E-state index is 5.72. The highest BCUT2D eigenvalue weighted by Gasteiger charge is 2.20. The molecule has 3 atom stereocenters. The minimum absolute atomic E-state index is 0.478. The highest BCUT2D eigenvalue weighted by Crippen LogP contribution is 2.24. The minimum atomic E-state index is 0.478. The van der Waals surface area contributed by atoms with Crippen LogP contribution in [-0.2, 0) is 4.74 Å². The maximum Gasteiger partial charge on any atom is 0.0572 e. The first kappa shape index (κ1) is 9.05. The number of rotatable bonds is 1. The Hall–Kier alpha value is -0.0400. The first-order valence-corrected chi connectivity index (χ1v) is 4.85. The van der Waals surface area contributed by atoms with Crippen LogP contribution in [0, 0.1) is 11.8 Å². The number of hydrogen-bond acceptors (Lipinski definition) is 1. The Balaban J connectivity index is 2.38. The van der Waals surface area contributed by atoms with E-state index >= 15 is 0 Å². The summed E-state index contributed by atoms with van der Waals surface area (Å²) in [4.78, 5) is 0. The molecule has 1 aliphatic heterocycles. The lowest BCUT2D eigenvalue weighted by Gasteiger charge is -2.15. The summed E-state index contributed by atoms with van der Waals surface area (Å²) in [5.74, 6) is 1.58. The molecule has 0 N–H and O–H groups in total. The maximum atomic E-state index is 5.72. The van der Waals surface area contributed by atoms with Gasteiger partial charge in [0.15, 0.2) is 0 Å². The largest absolute Gasteiger partial charge is 0.378 e. The van der Waals surface area contributed by atoms with E-state index in [2.05, 4.69) is 20.8 Å². The third-order valence-corrected chi connectivity index (χ3v) is 3.00. The molecule has 11 heavy (non-hydrogen) atoms. The lowest BCUT2D eigenvalue weighted by atomic mass is 9.95. The molecule has 0 aromatic heterocycles. The molecule has 1 aliphatic rings. The van der Waals surface area contributed by atoms with Crippen LogP contribution in [0.2, 0.25) is 0 Å². The smallest absolute Gasteiger partial charge is 0.0572 e. The summed E-state index contributed by atoms with van der Waals surface area (Å²) >= 11 is 0. The minimum Gasteiger partial charge on any atom is -0.378 e. The van der Waals surface area contributed by atoms with Crippen molar-refractivity contribution in [2.24, 2.45) is 11.8 Å². The van der Waals surface area contributed by atoms with Gasteiger partial charge in [0.2, 0.25) is 0 Å². The zero-order valence-electron chi connectivity index (χ0n) is 7.97. The highest BCUT2D eigenvalue weighted by atomic mass is 16.5. The molecule has 0 aromatic carbocycles.